The topological polar surface area (TPSA) is 35.8 Å². The molecule has 2 nitrogen and oxygen atoms in total. The molecule has 1 aliphatic heterocycles. The molecule has 1 saturated heterocycles. The molecule has 1 N–H and O–H groups in total. The van der Waals surface area contributed by atoms with Gasteiger partial charge >= 0.3 is 0 Å². The van der Waals surface area contributed by atoms with Gasteiger partial charge < -0.3 is 5.32 Å². The molecule has 102 valence electrons. The van der Waals surface area contributed by atoms with Crippen LogP contribution >= 0.6 is 0 Å². The fraction of sp³-hybridized carbons (Fsp3) is 0.588. The molecule has 0 amide bonds. The summed E-state index contributed by atoms with van der Waals surface area (Å²) in [4.78, 5) is 0. The molecule has 1 fully saturated rings. The van der Waals surface area contributed by atoms with Crippen molar-refractivity contribution in [3.8, 4) is 6.07 Å². The minimum Gasteiger partial charge on any atom is -0.312 e. The third-order valence-corrected chi connectivity index (χ3v) is 4.24. The van der Waals surface area contributed by atoms with E-state index in [9.17, 15) is 5.26 Å². The third-order valence-electron chi connectivity index (χ3n) is 4.24. The quantitative estimate of drug-likeness (QED) is 0.875. The van der Waals surface area contributed by atoms with Crippen molar-refractivity contribution in [3.63, 3.8) is 0 Å². The van der Waals surface area contributed by atoms with Gasteiger partial charge in [-0.2, -0.15) is 5.26 Å². The maximum atomic E-state index is 9.73. The van der Waals surface area contributed by atoms with Gasteiger partial charge in [0.05, 0.1) is 11.5 Å². The Morgan fingerprint density at radius 3 is 2.32 bits per heavy atom. The highest BCUT2D eigenvalue weighted by atomic mass is 15.0. The molecule has 0 radical (unpaired) electrons. The van der Waals surface area contributed by atoms with E-state index < -0.39 is 0 Å². The van der Waals surface area contributed by atoms with Gasteiger partial charge in [-0.05, 0) is 50.3 Å². The summed E-state index contributed by atoms with van der Waals surface area (Å²) in [5.41, 5.74) is 2.22. The van der Waals surface area contributed by atoms with Crippen molar-refractivity contribution in [2.75, 3.05) is 6.54 Å². The number of nitriles is 1. The van der Waals surface area contributed by atoms with E-state index in [4.69, 9.17) is 0 Å². The maximum Gasteiger partial charge on any atom is 0.0851 e. The van der Waals surface area contributed by atoms with Crippen LogP contribution in [-0.2, 0) is 5.41 Å². The molecule has 19 heavy (non-hydrogen) atoms. The molecule has 2 heteroatoms. The van der Waals surface area contributed by atoms with Crippen LogP contribution in [0.15, 0.2) is 24.3 Å². The lowest BCUT2D eigenvalue weighted by Gasteiger charge is -2.42. The average molecular weight is 256 g/mol. The van der Waals surface area contributed by atoms with Crippen LogP contribution in [0.2, 0.25) is 0 Å². The van der Waals surface area contributed by atoms with E-state index in [1.165, 1.54) is 11.1 Å². The Morgan fingerprint density at radius 2 is 1.84 bits per heavy atom. The summed E-state index contributed by atoms with van der Waals surface area (Å²) in [6, 6.07) is 11.3. The fourth-order valence-electron chi connectivity index (χ4n) is 3.11. The molecule has 1 unspecified atom stereocenters. The first-order chi connectivity index (χ1) is 8.88. The zero-order valence-electron chi connectivity index (χ0n) is 12.5. The largest absolute Gasteiger partial charge is 0.312 e. The number of hydrogen-bond donors (Lipinski definition) is 1. The van der Waals surface area contributed by atoms with Gasteiger partial charge in [-0.3, -0.25) is 0 Å². The molecule has 0 aliphatic carbocycles. The van der Waals surface area contributed by atoms with Crippen molar-refractivity contribution < 1.29 is 0 Å². The summed E-state index contributed by atoms with van der Waals surface area (Å²) in [6.45, 7) is 9.67. The number of nitrogens with zero attached hydrogens (tertiary/aromatic N) is 1. The molecule has 0 aromatic heterocycles. The van der Waals surface area contributed by atoms with Crippen molar-refractivity contribution in [2.24, 2.45) is 0 Å². The Balaban J connectivity index is 2.34. The van der Waals surface area contributed by atoms with Gasteiger partial charge in [-0.15, -0.1) is 0 Å². The van der Waals surface area contributed by atoms with E-state index >= 15 is 0 Å². The van der Waals surface area contributed by atoms with Crippen molar-refractivity contribution in [1.82, 2.24) is 5.32 Å². The van der Waals surface area contributed by atoms with Crippen LogP contribution in [0.25, 0.3) is 0 Å². The van der Waals surface area contributed by atoms with E-state index in [2.05, 4.69) is 63.3 Å². The number of rotatable bonds is 2. The molecule has 1 aromatic carbocycles. The second-order valence-electron chi connectivity index (χ2n) is 6.71. The molecule has 0 saturated carbocycles. The van der Waals surface area contributed by atoms with Crippen LogP contribution in [0.5, 0.6) is 0 Å². The monoisotopic (exact) mass is 256 g/mol. The molecular formula is C17H24N2. The summed E-state index contributed by atoms with van der Waals surface area (Å²) in [6.07, 6.45) is 1.77. The molecule has 0 bridgehead atoms. The SMILES string of the molecule is CC(C)c1ccc(C2(C#N)CCNC(C)(C)C2)cc1. The molecule has 0 spiro atoms. The van der Waals surface area contributed by atoms with Crippen LogP contribution < -0.4 is 5.32 Å². The van der Waals surface area contributed by atoms with Crippen LogP contribution in [-0.4, -0.2) is 12.1 Å². The molecule has 1 aromatic rings. The molecular weight excluding hydrogens is 232 g/mol. The smallest absolute Gasteiger partial charge is 0.0851 e. The molecule has 1 heterocycles. The lowest BCUT2D eigenvalue weighted by atomic mass is 9.68. The Morgan fingerprint density at radius 1 is 1.21 bits per heavy atom. The van der Waals surface area contributed by atoms with E-state index in [1.54, 1.807) is 0 Å². The number of piperidine rings is 1. The normalized spacial score (nSPS) is 26.1. The number of benzene rings is 1. The van der Waals surface area contributed by atoms with Gasteiger partial charge in [0.25, 0.3) is 0 Å². The van der Waals surface area contributed by atoms with Gasteiger partial charge in [0.15, 0.2) is 0 Å². The summed E-state index contributed by atoms with van der Waals surface area (Å²) in [5.74, 6) is 0.538. The standard InChI is InChI=1S/C17H24N2/c1-13(2)14-5-7-15(8-6-14)17(12-18)9-10-19-16(3,4)11-17/h5-8,13,19H,9-11H2,1-4H3. The Kier molecular flexibility index (Phi) is 3.69. The first-order valence-electron chi connectivity index (χ1n) is 7.15. The zero-order valence-corrected chi connectivity index (χ0v) is 12.5. The summed E-state index contributed by atoms with van der Waals surface area (Å²) >= 11 is 0. The molecule has 1 atom stereocenters. The molecule has 2 rings (SSSR count). The highest BCUT2D eigenvalue weighted by Gasteiger charge is 2.41. The predicted octanol–water partition coefficient (Wildman–Crippen LogP) is 3.73. The summed E-state index contributed by atoms with van der Waals surface area (Å²) in [7, 11) is 0. The lowest BCUT2D eigenvalue weighted by Crippen LogP contribution is -2.52. The number of hydrogen-bond acceptors (Lipinski definition) is 2. The Hall–Kier alpha value is -1.33. The Bertz CT molecular complexity index is 479. The summed E-state index contributed by atoms with van der Waals surface area (Å²) in [5, 5.41) is 13.2. The average Bonchev–Trinajstić information content (AvgIpc) is 2.37. The van der Waals surface area contributed by atoms with Crippen molar-refractivity contribution >= 4 is 0 Å². The van der Waals surface area contributed by atoms with E-state index in [1.807, 2.05) is 0 Å². The first-order valence-corrected chi connectivity index (χ1v) is 7.15. The van der Waals surface area contributed by atoms with Crippen LogP contribution in [0.4, 0.5) is 0 Å². The fourth-order valence-corrected chi connectivity index (χ4v) is 3.11. The van der Waals surface area contributed by atoms with E-state index in [0.717, 1.165) is 19.4 Å². The van der Waals surface area contributed by atoms with Gasteiger partial charge in [-0.25, -0.2) is 0 Å². The maximum absolute atomic E-state index is 9.73. The van der Waals surface area contributed by atoms with E-state index in [-0.39, 0.29) is 11.0 Å². The number of nitrogens with one attached hydrogen (secondary N) is 1. The first kappa shape index (κ1) is 14.1. The van der Waals surface area contributed by atoms with Gasteiger partial charge in [0.2, 0.25) is 0 Å². The van der Waals surface area contributed by atoms with Gasteiger partial charge in [0.1, 0.15) is 0 Å². The van der Waals surface area contributed by atoms with Crippen molar-refractivity contribution in [2.45, 2.75) is 57.4 Å². The van der Waals surface area contributed by atoms with Crippen molar-refractivity contribution in [1.29, 1.82) is 5.26 Å². The second-order valence-corrected chi connectivity index (χ2v) is 6.71. The zero-order chi connectivity index (χ0) is 14.1. The highest BCUT2D eigenvalue weighted by Crippen LogP contribution is 2.38. The van der Waals surface area contributed by atoms with Crippen LogP contribution in [0, 0.1) is 11.3 Å². The molecule has 1 aliphatic rings. The van der Waals surface area contributed by atoms with Gasteiger partial charge in [0, 0.05) is 5.54 Å². The van der Waals surface area contributed by atoms with Crippen LogP contribution in [0.1, 0.15) is 57.6 Å². The second kappa shape index (κ2) is 4.98. The minimum atomic E-state index is -0.329. The Labute approximate surface area is 116 Å². The van der Waals surface area contributed by atoms with Gasteiger partial charge in [-0.1, -0.05) is 38.1 Å². The predicted molar refractivity (Wildman–Crippen MR) is 79.1 cm³/mol. The van der Waals surface area contributed by atoms with Crippen molar-refractivity contribution in [3.05, 3.63) is 35.4 Å². The van der Waals surface area contributed by atoms with E-state index in [0.29, 0.717) is 5.92 Å². The van der Waals surface area contributed by atoms with Crippen LogP contribution in [0.3, 0.4) is 0 Å². The highest BCUT2D eigenvalue weighted by molar-refractivity contribution is 5.37. The minimum absolute atomic E-state index is 0.0324. The summed E-state index contributed by atoms with van der Waals surface area (Å²) < 4.78 is 0. The third kappa shape index (κ3) is 2.82. The lowest BCUT2D eigenvalue weighted by molar-refractivity contribution is 0.233.